The van der Waals surface area contributed by atoms with Crippen LogP contribution in [0.1, 0.15) is 24.5 Å². The molecular weight excluding hydrogens is 198 g/mol. The second kappa shape index (κ2) is 4.56. The summed E-state index contributed by atoms with van der Waals surface area (Å²) in [5.74, 6) is 0.322. The summed E-state index contributed by atoms with van der Waals surface area (Å²) in [6, 6.07) is 8.57. The smallest absolute Gasteiger partial charge is 0.0675 e. The molecule has 1 aliphatic rings. The van der Waals surface area contributed by atoms with Crippen LogP contribution in [-0.2, 0) is 6.42 Å². The largest absolute Gasteiger partial charge is 0.390 e. The van der Waals surface area contributed by atoms with E-state index < -0.39 is 5.60 Å². The first-order chi connectivity index (χ1) is 7.58. The summed E-state index contributed by atoms with van der Waals surface area (Å²) in [4.78, 5) is 0. The van der Waals surface area contributed by atoms with Gasteiger partial charge in [0.2, 0.25) is 0 Å². The molecule has 1 saturated heterocycles. The van der Waals surface area contributed by atoms with Gasteiger partial charge < -0.3 is 10.4 Å². The Balaban J connectivity index is 2.08. The van der Waals surface area contributed by atoms with E-state index in [1.165, 1.54) is 11.1 Å². The van der Waals surface area contributed by atoms with Gasteiger partial charge in [0, 0.05) is 12.5 Å². The molecule has 88 valence electrons. The van der Waals surface area contributed by atoms with Gasteiger partial charge in [0.15, 0.2) is 0 Å². The summed E-state index contributed by atoms with van der Waals surface area (Å²) in [6.07, 6.45) is 1.81. The molecule has 1 aliphatic heterocycles. The quantitative estimate of drug-likeness (QED) is 0.796. The summed E-state index contributed by atoms with van der Waals surface area (Å²) < 4.78 is 0. The molecule has 1 fully saturated rings. The molecule has 1 aromatic carbocycles. The van der Waals surface area contributed by atoms with Gasteiger partial charge in [-0.25, -0.2) is 0 Å². The highest BCUT2D eigenvalue weighted by atomic mass is 16.3. The van der Waals surface area contributed by atoms with E-state index in [0.717, 1.165) is 25.9 Å². The van der Waals surface area contributed by atoms with Crippen LogP contribution in [0.2, 0.25) is 0 Å². The van der Waals surface area contributed by atoms with Crippen molar-refractivity contribution in [2.45, 2.75) is 32.3 Å². The van der Waals surface area contributed by atoms with Crippen molar-refractivity contribution in [1.82, 2.24) is 5.32 Å². The van der Waals surface area contributed by atoms with Gasteiger partial charge in [-0.3, -0.25) is 0 Å². The maximum absolute atomic E-state index is 10.3. The fraction of sp³-hybridized carbons (Fsp3) is 0.571. The van der Waals surface area contributed by atoms with E-state index in [4.69, 9.17) is 0 Å². The number of piperidine rings is 1. The lowest BCUT2D eigenvalue weighted by Gasteiger charge is -2.37. The Labute approximate surface area is 97.7 Å². The Morgan fingerprint density at radius 2 is 2.31 bits per heavy atom. The van der Waals surface area contributed by atoms with E-state index in [9.17, 15) is 5.11 Å². The minimum Gasteiger partial charge on any atom is -0.390 e. The van der Waals surface area contributed by atoms with Crippen LogP contribution < -0.4 is 5.32 Å². The van der Waals surface area contributed by atoms with E-state index in [-0.39, 0.29) is 0 Å². The van der Waals surface area contributed by atoms with Crippen molar-refractivity contribution in [3.8, 4) is 0 Å². The number of aliphatic hydroxyl groups is 1. The summed E-state index contributed by atoms with van der Waals surface area (Å²) in [6.45, 7) is 5.92. The molecule has 2 nitrogen and oxygen atoms in total. The molecule has 0 aliphatic carbocycles. The second-order valence-electron chi connectivity index (χ2n) is 5.20. The minimum atomic E-state index is -0.519. The van der Waals surface area contributed by atoms with Gasteiger partial charge in [0.25, 0.3) is 0 Å². The minimum absolute atomic E-state index is 0.322. The standard InChI is InChI=1S/C14H21NO/c1-11-4-3-5-12(8-11)9-13-10-15-7-6-14(13,2)16/h3-5,8,13,15-16H,6-7,9-10H2,1-2H3. The van der Waals surface area contributed by atoms with Crippen LogP contribution in [0.25, 0.3) is 0 Å². The Morgan fingerprint density at radius 3 is 3.00 bits per heavy atom. The van der Waals surface area contributed by atoms with Crippen molar-refractivity contribution in [2.24, 2.45) is 5.92 Å². The SMILES string of the molecule is Cc1cccc(CC2CNCCC2(C)O)c1. The van der Waals surface area contributed by atoms with Crippen molar-refractivity contribution >= 4 is 0 Å². The number of hydrogen-bond acceptors (Lipinski definition) is 2. The maximum atomic E-state index is 10.3. The lowest BCUT2D eigenvalue weighted by Crippen LogP contribution is -2.49. The fourth-order valence-electron chi connectivity index (χ4n) is 2.46. The van der Waals surface area contributed by atoms with Crippen LogP contribution in [0.3, 0.4) is 0 Å². The lowest BCUT2D eigenvalue weighted by atomic mass is 9.79. The van der Waals surface area contributed by atoms with Gasteiger partial charge in [-0.2, -0.15) is 0 Å². The first-order valence-electron chi connectivity index (χ1n) is 6.06. The fourth-order valence-corrected chi connectivity index (χ4v) is 2.46. The van der Waals surface area contributed by atoms with Crippen molar-refractivity contribution < 1.29 is 5.11 Å². The van der Waals surface area contributed by atoms with Gasteiger partial charge in [-0.15, -0.1) is 0 Å². The molecule has 2 atom stereocenters. The van der Waals surface area contributed by atoms with Crippen molar-refractivity contribution in [3.63, 3.8) is 0 Å². The molecule has 2 heteroatoms. The predicted molar refractivity (Wildman–Crippen MR) is 66.5 cm³/mol. The van der Waals surface area contributed by atoms with Gasteiger partial charge in [0.05, 0.1) is 5.60 Å². The zero-order chi connectivity index (χ0) is 11.6. The van der Waals surface area contributed by atoms with Crippen molar-refractivity contribution in [2.75, 3.05) is 13.1 Å². The molecule has 1 aromatic rings. The molecule has 2 unspecified atom stereocenters. The molecule has 0 spiro atoms. The summed E-state index contributed by atoms with van der Waals surface area (Å²) in [5, 5.41) is 13.7. The first-order valence-corrected chi connectivity index (χ1v) is 6.06. The third-order valence-electron chi connectivity index (χ3n) is 3.64. The molecule has 1 heterocycles. The zero-order valence-corrected chi connectivity index (χ0v) is 10.2. The summed E-state index contributed by atoms with van der Waals surface area (Å²) >= 11 is 0. The van der Waals surface area contributed by atoms with Gasteiger partial charge >= 0.3 is 0 Å². The number of aryl methyl sites for hydroxylation is 1. The zero-order valence-electron chi connectivity index (χ0n) is 10.2. The average Bonchev–Trinajstić information content (AvgIpc) is 2.21. The second-order valence-corrected chi connectivity index (χ2v) is 5.20. The number of nitrogens with one attached hydrogen (secondary N) is 1. The topological polar surface area (TPSA) is 32.3 Å². The molecule has 0 amide bonds. The normalized spacial score (nSPS) is 30.3. The lowest BCUT2D eigenvalue weighted by molar-refractivity contribution is -0.0234. The van der Waals surface area contributed by atoms with E-state index in [1.807, 2.05) is 6.92 Å². The average molecular weight is 219 g/mol. The summed E-state index contributed by atoms with van der Waals surface area (Å²) in [7, 11) is 0. The van der Waals surface area contributed by atoms with Crippen molar-refractivity contribution in [1.29, 1.82) is 0 Å². The van der Waals surface area contributed by atoms with E-state index in [1.54, 1.807) is 0 Å². The molecule has 16 heavy (non-hydrogen) atoms. The van der Waals surface area contributed by atoms with Crippen LogP contribution in [0.15, 0.2) is 24.3 Å². The Morgan fingerprint density at radius 1 is 1.50 bits per heavy atom. The van der Waals surface area contributed by atoms with Gasteiger partial charge in [-0.05, 0) is 38.8 Å². The predicted octanol–water partition coefficient (Wildman–Crippen LogP) is 1.90. The van der Waals surface area contributed by atoms with E-state index >= 15 is 0 Å². The van der Waals surface area contributed by atoms with E-state index in [2.05, 4.69) is 36.5 Å². The Bertz CT molecular complexity index is 360. The van der Waals surface area contributed by atoms with Crippen LogP contribution in [0, 0.1) is 12.8 Å². The van der Waals surface area contributed by atoms with E-state index in [0.29, 0.717) is 5.92 Å². The Hall–Kier alpha value is -0.860. The Kier molecular flexibility index (Phi) is 3.31. The molecule has 0 aromatic heterocycles. The summed E-state index contributed by atoms with van der Waals surface area (Å²) in [5.41, 5.74) is 2.10. The van der Waals surface area contributed by atoms with Crippen LogP contribution in [0.4, 0.5) is 0 Å². The van der Waals surface area contributed by atoms with Crippen LogP contribution in [0.5, 0.6) is 0 Å². The van der Waals surface area contributed by atoms with Crippen LogP contribution >= 0.6 is 0 Å². The molecule has 0 bridgehead atoms. The highest BCUT2D eigenvalue weighted by Crippen LogP contribution is 2.27. The molecule has 0 saturated carbocycles. The van der Waals surface area contributed by atoms with Crippen LogP contribution in [-0.4, -0.2) is 23.8 Å². The number of hydrogen-bond donors (Lipinski definition) is 2. The molecule has 2 rings (SSSR count). The van der Waals surface area contributed by atoms with Gasteiger partial charge in [-0.1, -0.05) is 29.8 Å². The monoisotopic (exact) mass is 219 g/mol. The first kappa shape index (κ1) is 11.6. The van der Waals surface area contributed by atoms with Crippen molar-refractivity contribution in [3.05, 3.63) is 35.4 Å². The molecule has 0 radical (unpaired) electrons. The molecule has 2 N–H and O–H groups in total. The molecular formula is C14H21NO. The third kappa shape index (κ3) is 2.63. The van der Waals surface area contributed by atoms with Gasteiger partial charge in [0.1, 0.15) is 0 Å². The number of rotatable bonds is 2. The highest BCUT2D eigenvalue weighted by Gasteiger charge is 2.34. The third-order valence-corrected chi connectivity index (χ3v) is 3.64. The number of benzene rings is 1. The highest BCUT2D eigenvalue weighted by molar-refractivity contribution is 5.23. The maximum Gasteiger partial charge on any atom is 0.0675 e.